The van der Waals surface area contributed by atoms with E-state index in [1.807, 2.05) is 0 Å². The topological polar surface area (TPSA) is 49.3 Å². The normalized spacial score (nSPS) is 26.2. The number of phenols is 1. The van der Waals surface area contributed by atoms with Gasteiger partial charge in [0.25, 0.3) is 5.91 Å². The highest BCUT2D eigenvalue weighted by Crippen LogP contribution is 2.34. The van der Waals surface area contributed by atoms with Gasteiger partial charge < -0.3 is 10.4 Å². The Hall–Kier alpha value is -0.740. The maximum Gasteiger partial charge on any atom is 0.255 e. The van der Waals surface area contributed by atoms with Crippen LogP contribution in [-0.2, 0) is 0 Å². The number of benzene rings is 1. The molecule has 0 aromatic heterocycles. The molecule has 0 radical (unpaired) electrons. The lowest BCUT2D eigenvalue weighted by molar-refractivity contribution is 0.0864. The predicted octanol–water partition coefficient (Wildman–Crippen LogP) is 4.07. The number of aromatic hydroxyl groups is 1. The van der Waals surface area contributed by atoms with Crippen molar-refractivity contribution < 1.29 is 9.90 Å². The SMILES string of the molecule is CC1CCCC(CCl)(NC(=O)c2cc(Br)ccc2O)C1. The Kier molecular flexibility index (Phi) is 4.97. The zero-order valence-corrected chi connectivity index (χ0v) is 13.8. The number of carbonyl (C=O) groups is 1. The van der Waals surface area contributed by atoms with Gasteiger partial charge in [-0.15, -0.1) is 11.6 Å². The lowest BCUT2D eigenvalue weighted by Crippen LogP contribution is -2.52. The number of phenolic OH excluding ortho intramolecular Hbond substituents is 1. The van der Waals surface area contributed by atoms with E-state index in [-0.39, 0.29) is 22.8 Å². The molecule has 5 heteroatoms. The van der Waals surface area contributed by atoms with E-state index in [0.29, 0.717) is 11.8 Å². The molecule has 2 N–H and O–H groups in total. The molecule has 0 aliphatic heterocycles. The van der Waals surface area contributed by atoms with E-state index >= 15 is 0 Å². The fourth-order valence-corrected chi connectivity index (χ4v) is 3.60. The van der Waals surface area contributed by atoms with Crippen LogP contribution in [0, 0.1) is 5.92 Å². The summed E-state index contributed by atoms with van der Waals surface area (Å²) < 4.78 is 0.761. The molecule has 0 bridgehead atoms. The highest BCUT2D eigenvalue weighted by Gasteiger charge is 2.36. The third-order valence-electron chi connectivity index (χ3n) is 3.93. The van der Waals surface area contributed by atoms with Crippen LogP contribution in [-0.4, -0.2) is 22.4 Å². The molecule has 1 aromatic rings. The molecule has 1 aromatic carbocycles. The van der Waals surface area contributed by atoms with Gasteiger partial charge in [0.1, 0.15) is 5.75 Å². The summed E-state index contributed by atoms with van der Waals surface area (Å²) in [7, 11) is 0. The van der Waals surface area contributed by atoms with E-state index in [4.69, 9.17) is 11.6 Å². The van der Waals surface area contributed by atoms with Crippen molar-refractivity contribution in [3.8, 4) is 5.75 Å². The summed E-state index contributed by atoms with van der Waals surface area (Å²) in [5.41, 5.74) is -0.0764. The van der Waals surface area contributed by atoms with Crippen LogP contribution < -0.4 is 5.32 Å². The number of rotatable bonds is 3. The molecule has 1 aliphatic carbocycles. The van der Waals surface area contributed by atoms with Crippen molar-refractivity contribution in [2.45, 2.75) is 38.1 Å². The molecule has 1 aliphatic rings. The Labute approximate surface area is 132 Å². The first kappa shape index (κ1) is 15.6. The molecular weight excluding hydrogens is 342 g/mol. The summed E-state index contributed by atoms with van der Waals surface area (Å²) in [6, 6.07) is 4.83. The smallest absolute Gasteiger partial charge is 0.255 e. The van der Waals surface area contributed by atoms with Crippen LogP contribution in [0.2, 0.25) is 0 Å². The highest BCUT2D eigenvalue weighted by atomic mass is 79.9. The lowest BCUT2D eigenvalue weighted by atomic mass is 9.77. The maximum atomic E-state index is 12.4. The minimum absolute atomic E-state index is 0.0146. The third-order valence-corrected chi connectivity index (χ3v) is 4.93. The van der Waals surface area contributed by atoms with E-state index in [1.54, 1.807) is 12.1 Å². The van der Waals surface area contributed by atoms with E-state index < -0.39 is 0 Å². The first-order valence-corrected chi connectivity index (χ1v) is 8.15. The number of alkyl halides is 1. The molecule has 2 rings (SSSR count). The van der Waals surface area contributed by atoms with Crippen molar-refractivity contribution in [2.24, 2.45) is 5.92 Å². The quantitative estimate of drug-likeness (QED) is 0.798. The number of hydrogen-bond acceptors (Lipinski definition) is 2. The summed E-state index contributed by atoms with van der Waals surface area (Å²) >= 11 is 9.43. The number of hydrogen-bond donors (Lipinski definition) is 2. The summed E-state index contributed by atoms with van der Waals surface area (Å²) in [5.74, 6) is 0.675. The largest absolute Gasteiger partial charge is 0.507 e. The van der Waals surface area contributed by atoms with E-state index in [2.05, 4.69) is 28.2 Å². The first-order chi connectivity index (χ1) is 9.46. The first-order valence-electron chi connectivity index (χ1n) is 6.83. The van der Waals surface area contributed by atoms with Crippen LogP contribution in [0.1, 0.15) is 43.0 Å². The van der Waals surface area contributed by atoms with Gasteiger partial charge in [0.05, 0.1) is 11.1 Å². The van der Waals surface area contributed by atoms with Crippen molar-refractivity contribution in [1.29, 1.82) is 0 Å². The zero-order chi connectivity index (χ0) is 14.8. The Balaban J connectivity index is 2.19. The van der Waals surface area contributed by atoms with Crippen LogP contribution in [0.3, 0.4) is 0 Å². The van der Waals surface area contributed by atoms with Crippen molar-refractivity contribution >= 4 is 33.4 Å². The molecule has 1 fully saturated rings. The van der Waals surface area contributed by atoms with Gasteiger partial charge in [-0.25, -0.2) is 0 Å². The van der Waals surface area contributed by atoms with Crippen molar-refractivity contribution in [1.82, 2.24) is 5.32 Å². The van der Waals surface area contributed by atoms with Gasteiger partial charge in [0, 0.05) is 10.4 Å². The average molecular weight is 361 g/mol. The van der Waals surface area contributed by atoms with Crippen LogP contribution in [0.4, 0.5) is 0 Å². The van der Waals surface area contributed by atoms with Crippen LogP contribution in [0.15, 0.2) is 22.7 Å². The van der Waals surface area contributed by atoms with Gasteiger partial charge in [-0.3, -0.25) is 4.79 Å². The Morgan fingerprint density at radius 1 is 1.60 bits per heavy atom. The van der Waals surface area contributed by atoms with Gasteiger partial charge in [0.15, 0.2) is 0 Å². The average Bonchev–Trinajstić information content (AvgIpc) is 2.41. The molecule has 1 amide bonds. The molecule has 0 saturated heterocycles. The monoisotopic (exact) mass is 359 g/mol. The van der Waals surface area contributed by atoms with E-state index in [9.17, 15) is 9.90 Å². The fourth-order valence-electron chi connectivity index (χ4n) is 2.93. The second-order valence-corrected chi connectivity index (χ2v) is 6.91. The van der Waals surface area contributed by atoms with Gasteiger partial charge in [-0.05, 0) is 37.0 Å². The van der Waals surface area contributed by atoms with E-state index in [0.717, 1.165) is 23.7 Å². The minimum Gasteiger partial charge on any atom is -0.507 e. The Morgan fingerprint density at radius 3 is 3.00 bits per heavy atom. The van der Waals surface area contributed by atoms with Crippen LogP contribution in [0.5, 0.6) is 5.75 Å². The van der Waals surface area contributed by atoms with Crippen molar-refractivity contribution in [3.05, 3.63) is 28.2 Å². The number of carbonyl (C=O) groups excluding carboxylic acids is 1. The summed E-state index contributed by atoms with van der Waals surface area (Å²) in [4.78, 5) is 12.4. The molecule has 2 atom stereocenters. The molecular formula is C15H19BrClNO2. The van der Waals surface area contributed by atoms with Crippen LogP contribution in [0.25, 0.3) is 0 Å². The van der Waals surface area contributed by atoms with Gasteiger partial charge in [-0.1, -0.05) is 35.7 Å². The maximum absolute atomic E-state index is 12.4. The van der Waals surface area contributed by atoms with E-state index in [1.165, 1.54) is 12.5 Å². The van der Waals surface area contributed by atoms with Gasteiger partial charge in [-0.2, -0.15) is 0 Å². The molecule has 20 heavy (non-hydrogen) atoms. The molecule has 3 nitrogen and oxygen atoms in total. The Morgan fingerprint density at radius 2 is 2.35 bits per heavy atom. The van der Waals surface area contributed by atoms with Crippen molar-refractivity contribution in [2.75, 3.05) is 5.88 Å². The molecule has 0 spiro atoms. The molecule has 2 unspecified atom stereocenters. The van der Waals surface area contributed by atoms with Crippen molar-refractivity contribution in [3.63, 3.8) is 0 Å². The lowest BCUT2D eigenvalue weighted by Gasteiger charge is -2.39. The summed E-state index contributed by atoms with van der Waals surface area (Å²) in [6.45, 7) is 2.18. The molecule has 0 heterocycles. The van der Waals surface area contributed by atoms with Gasteiger partial charge >= 0.3 is 0 Å². The summed E-state index contributed by atoms with van der Waals surface area (Å²) in [5, 5.41) is 12.9. The highest BCUT2D eigenvalue weighted by molar-refractivity contribution is 9.10. The number of amides is 1. The predicted molar refractivity (Wildman–Crippen MR) is 84.4 cm³/mol. The second kappa shape index (κ2) is 6.35. The molecule has 110 valence electrons. The Bertz CT molecular complexity index is 509. The number of halogens is 2. The standard InChI is InChI=1S/C15H19BrClNO2/c1-10-3-2-6-15(8-10,9-17)18-14(20)12-7-11(16)4-5-13(12)19/h4-5,7,10,19H,2-3,6,8-9H2,1H3,(H,18,20). The molecule has 1 saturated carbocycles. The third kappa shape index (κ3) is 3.47. The second-order valence-electron chi connectivity index (χ2n) is 5.73. The summed E-state index contributed by atoms with van der Waals surface area (Å²) in [6.07, 6.45) is 4.02. The zero-order valence-electron chi connectivity index (χ0n) is 11.5. The van der Waals surface area contributed by atoms with Gasteiger partial charge in [0.2, 0.25) is 0 Å². The van der Waals surface area contributed by atoms with Crippen LogP contribution >= 0.6 is 27.5 Å². The number of nitrogens with one attached hydrogen (secondary N) is 1. The minimum atomic E-state index is -0.356. The fraction of sp³-hybridized carbons (Fsp3) is 0.533.